The van der Waals surface area contributed by atoms with E-state index in [1.165, 1.54) is 28.0 Å². The molecule has 250 valence electrons. The zero-order chi connectivity index (χ0) is 34.1. The maximum atomic E-state index is 13.9. The molecule has 2 aliphatic heterocycles. The van der Waals surface area contributed by atoms with Gasteiger partial charge in [0.1, 0.15) is 17.6 Å². The lowest BCUT2D eigenvalue weighted by Crippen LogP contribution is -2.29. The van der Waals surface area contributed by atoms with Gasteiger partial charge in [0.25, 0.3) is 5.78 Å². The molecule has 0 radical (unpaired) electrons. The number of aliphatic hydroxyl groups is 1. The minimum atomic E-state index is -0.994. The third-order valence-electron chi connectivity index (χ3n) is 8.49. The van der Waals surface area contributed by atoms with Gasteiger partial charge in [-0.15, -0.1) is 10.2 Å². The number of amides is 1. The molecule has 1 N–H and O–H groups in total. The second-order valence-corrected chi connectivity index (χ2v) is 14.1. The second kappa shape index (κ2) is 13.9. The number of nitrogens with zero attached hydrogens (tertiary/aromatic N) is 3. The third-order valence-corrected chi connectivity index (χ3v) is 10.6. The molecule has 7 rings (SSSR count). The Morgan fingerprint density at radius 1 is 1.00 bits per heavy atom. The molecule has 11 heteroatoms. The van der Waals surface area contributed by atoms with E-state index in [1.807, 2.05) is 45.0 Å². The summed E-state index contributed by atoms with van der Waals surface area (Å²) >= 11 is 2.74. The van der Waals surface area contributed by atoms with Gasteiger partial charge < -0.3 is 19.3 Å². The van der Waals surface area contributed by atoms with E-state index in [2.05, 4.69) is 34.5 Å². The molecule has 5 aromatic rings. The maximum absolute atomic E-state index is 13.9. The van der Waals surface area contributed by atoms with Crippen LogP contribution in [0.2, 0.25) is 0 Å². The highest BCUT2D eigenvalue weighted by Crippen LogP contribution is 2.46. The Hall–Kier alpha value is -4.87. The Morgan fingerprint density at radius 3 is 2.67 bits per heavy atom. The average molecular weight is 694 g/mol. The zero-order valence-corrected chi connectivity index (χ0v) is 29.0. The predicted octanol–water partition coefficient (Wildman–Crippen LogP) is 8.12. The van der Waals surface area contributed by atoms with Crippen LogP contribution < -0.4 is 19.1 Å². The molecular weight excluding hydrogens is 659 g/mol. The first-order chi connectivity index (χ1) is 23.9. The molecule has 2 atom stereocenters. The topological polar surface area (TPSA) is 111 Å². The molecule has 0 aliphatic carbocycles. The van der Waals surface area contributed by atoms with E-state index < -0.39 is 17.7 Å². The summed E-state index contributed by atoms with van der Waals surface area (Å²) in [5.74, 6) is 0.551. The van der Waals surface area contributed by atoms with Crippen LogP contribution in [-0.4, -0.2) is 46.3 Å². The summed E-state index contributed by atoms with van der Waals surface area (Å²) in [5, 5.41) is 23.2. The molecule has 1 fully saturated rings. The van der Waals surface area contributed by atoms with Crippen molar-refractivity contribution in [2.24, 2.45) is 0 Å². The number of ketones is 1. The monoisotopic (exact) mass is 693 g/mol. The van der Waals surface area contributed by atoms with Gasteiger partial charge in [-0.3, -0.25) is 14.5 Å². The molecule has 0 saturated carbocycles. The molecule has 0 spiro atoms. The number of anilines is 1. The standard InChI is InChI=1S/C38H35N3O6S2/c1-4-17-46-30-16-13-24(20-31(30)45-5-2)33-32(34(42)25-14-15-29-27(19-25)18-22(3)47-29)35(43)36(44)41(33)37-39-40-38(49-37)48-21-26-11-8-10-23-9-6-7-12-28(23)26/h6-16,19-20,22,33,42H,4-5,17-18,21H2,1-3H3/b34-32+/t22-,33+/m1/s1. The minimum Gasteiger partial charge on any atom is -0.507 e. The fourth-order valence-corrected chi connectivity index (χ4v) is 8.15. The van der Waals surface area contributed by atoms with E-state index >= 15 is 0 Å². The molecular formula is C38H35N3O6S2. The van der Waals surface area contributed by atoms with Crippen LogP contribution in [0.5, 0.6) is 17.2 Å². The molecule has 1 saturated heterocycles. The minimum absolute atomic E-state index is 0.00786. The summed E-state index contributed by atoms with van der Waals surface area (Å²) in [6.45, 7) is 6.76. The number of carbonyl (C=O) groups is 2. The number of benzene rings is 4. The van der Waals surface area contributed by atoms with Gasteiger partial charge in [0.2, 0.25) is 5.13 Å². The van der Waals surface area contributed by atoms with Crippen LogP contribution in [0.4, 0.5) is 5.13 Å². The van der Waals surface area contributed by atoms with E-state index in [4.69, 9.17) is 14.2 Å². The fraction of sp³-hybridized carbons (Fsp3) is 0.263. The van der Waals surface area contributed by atoms with Gasteiger partial charge in [-0.25, -0.2) is 0 Å². The number of hydrogen-bond acceptors (Lipinski definition) is 10. The highest BCUT2D eigenvalue weighted by molar-refractivity contribution is 8.00. The molecule has 1 amide bonds. The zero-order valence-electron chi connectivity index (χ0n) is 27.3. The van der Waals surface area contributed by atoms with Gasteiger partial charge in [0.05, 0.1) is 24.8 Å². The number of carbonyl (C=O) groups excluding carboxylic acids is 2. The molecule has 3 heterocycles. The summed E-state index contributed by atoms with van der Waals surface area (Å²) in [6, 6.07) is 24.1. The van der Waals surface area contributed by atoms with E-state index in [0.29, 0.717) is 52.4 Å². The number of hydrogen-bond donors (Lipinski definition) is 1. The molecule has 9 nitrogen and oxygen atoms in total. The molecule has 2 aliphatic rings. The van der Waals surface area contributed by atoms with Crippen molar-refractivity contribution < 1.29 is 28.9 Å². The first-order valence-electron chi connectivity index (χ1n) is 16.3. The van der Waals surface area contributed by atoms with Crippen molar-refractivity contribution in [3.63, 3.8) is 0 Å². The van der Waals surface area contributed by atoms with E-state index in [0.717, 1.165) is 34.1 Å². The molecule has 49 heavy (non-hydrogen) atoms. The van der Waals surface area contributed by atoms with Crippen molar-refractivity contribution in [3.8, 4) is 17.2 Å². The maximum Gasteiger partial charge on any atom is 0.301 e. The SMILES string of the molecule is CCCOc1ccc([C@H]2/C(=C(\O)c3ccc4c(c3)C[C@@H](C)O4)C(=O)C(=O)N2c2nnc(SCc3cccc4ccccc34)s2)cc1OCC. The number of aliphatic hydroxyl groups excluding tert-OH is 1. The largest absolute Gasteiger partial charge is 0.507 e. The van der Waals surface area contributed by atoms with Crippen LogP contribution in [0.3, 0.4) is 0 Å². The van der Waals surface area contributed by atoms with Gasteiger partial charge in [-0.05, 0) is 78.1 Å². The summed E-state index contributed by atoms with van der Waals surface area (Å²) in [5.41, 5.74) is 3.03. The molecule has 4 aromatic carbocycles. The highest BCUT2D eigenvalue weighted by Gasteiger charge is 2.48. The summed E-state index contributed by atoms with van der Waals surface area (Å²) < 4.78 is 18.4. The highest BCUT2D eigenvalue weighted by atomic mass is 32.2. The van der Waals surface area contributed by atoms with Crippen LogP contribution >= 0.6 is 23.1 Å². The summed E-state index contributed by atoms with van der Waals surface area (Å²) in [4.78, 5) is 29.1. The van der Waals surface area contributed by atoms with Gasteiger partial charge in [-0.1, -0.05) is 78.6 Å². The lowest BCUT2D eigenvalue weighted by molar-refractivity contribution is -0.132. The summed E-state index contributed by atoms with van der Waals surface area (Å²) in [7, 11) is 0. The van der Waals surface area contributed by atoms with Crippen LogP contribution in [0, 0.1) is 0 Å². The number of ether oxygens (including phenoxy) is 3. The Balaban J connectivity index is 1.28. The normalized spacial score (nSPS) is 18.1. The third kappa shape index (κ3) is 6.36. The van der Waals surface area contributed by atoms with Gasteiger partial charge in [-0.2, -0.15) is 0 Å². The Bertz CT molecular complexity index is 2090. The van der Waals surface area contributed by atoms with Crippen molar-refractivity contribution in [2.75, 3.05) is 18.1 Å². The number of aromatic nitrogens is 2. The van der Waals surface area contributed by atoms with Crippen LogP contribution in [0.15, 0.2) is 88.8 Å². The van der Waals surface area contributed by atoms with Crippen LogP contribution in [-0.2, 0) is 21.8 Å². The van der Waals surface area contributed by atoms with Crippen molar-refractivity contribution in [1.82, 2.24) is 10.2 Å². The summed E-state index contributed by atoms with van der Waals surface area (Å²) in [6.07, 6.45) is 1.50. The smallest absolute Gasteiger partial charge is 0.301 e. The van der Waals surface area contributed by atoms with Gasteiger partial charge in [0.15, 0.2) is 15.8 Å². The predicted molar refractivity (Wildman–Crippen MR) is 192 cm³/mol. The Labute approximate surface area is 292 Å². The first kappa shape index (κ1) is 32.7. The number of Topliss-reactive ketones (excluding diaryl/α,β-unsaturated/α-hetero) is 1. The lowest BCUT2D eigenvalue weighted by Gasteiger charge is -2.23. The van der Waals surface area contributed by atoms with Gasteiger partial charge in [0, 0.05) is 17.7 Å². The first-order valence-corrected chi connectivity index (χ1v) is 18.1. The van der Waals surface area contributed by atoms with E-state index in [-0.39, 0.29) is 22.6 Å². The number of fused-ring (bicyclic) bond motifs is 2. The second-order valence-electron chi connectivity index (χ2n) is 11.9. The molecule has 0 bridgehead atoms. The number of rotatable bonds is 11. The quantitative estimate of drug-likeness (QED) is 0.0482. The molecule has 0 unspecified atom stereocenters. The van der Waals surface area contributed by atoms with Crippen molar-refractivity contribution in [3.05, 3.63) is 107 Å². The average Bonchev–Trinajstić information content (AvgIpc) is 3.81. The van der Waals surface area contributed by atoms with Crippen LogP contribution in [0.1, 0.15) is 55.5 Å². The van der Waals surface area contributed by atoms with Crippen LogP contribution in [0.25, 0.3) is 16.5 Å². The van der Waals surface area contributed by atoms with Gasteiger partial charge >= 0.3 is 5.91 Å². The Kier molecular flexibility index (Phi) is 9.29. The molecule has 1 aromatic heterocycles. The fourth-order valence-electron chi connectivity index (χ4n) is 6.28. The lowest BCUT2D eigenvalue weighted by atomic mass is 9.94. The number of thioether (sulfide) groups is 1. The van der Waals surface area contributed by atoms with Crippen molar-refractivity contribution in [1.29, 1.82) is 0 Å². The van der Waals surface area contributed by atoms with E-state index in [9.17, 15) is 14.7 Å². The Morgan fingerprint density at radius 2 is 1.84 bits per heavy atom. The van der Waals surface area contributed by atoms with Crippen molar-refractivity contribution in [2.45, 2.75) is 55.9 Å². The van der Waals surface area contributed by atoms with Crippen molar-refractivity contribution >= 4 is 56.5 Å². The van der Waals surface area contributed by atoms with E-state index in [1.54, 1.807) is 30.3 Å².